The number of carbonyl (C=O) groups excluding carboxylic acids is 2. The highest BCUT2D eigenvalue weighted by atomic mass is 16.2. The summed E-state index contributed by atoms with van der Waals surface area (Å²) < 4.78 is 0. The fourth-order valence-electron chi connectivity index (χ4n) is 3.00. The van der Waals surface area contributed by atoms with Crippen molar-refractivity contribution in [1.82, 2.24) is 14.9 Å². The van der Waals surface area contributed by atoms with Crippen molar-refractivity contribution in [3.8, 4) is 6.07 Å². The third-order valence-corrected chi connectivity index (χ3v) is 4.09. The lowest BCUT2D eigenvalue weighted by Crippen LogP contribution is -2.32. The molecular weight excluding hydrogens is 316 g/mol. The maximum atomic E-state index is 13.1. The van der Waals surface area contributed by atoms with Gasteiger partial charge in [0.2, 0.25) is 0 Å². The van der Waals surface area contributed by atoms with Gasteiger partial charge < -0.3 is 9.88 Å². The molecule has 0 saturated carbocycles. The minimum Gasteiger partial charge on any atom is -0.354 e. The van der Waals surface area contributed by atoms with E-state index in [1.807, 2.05) is 19.1 Å². The number of nitriles is 1. The number of nitrogens with one attached hydrogen (secondary N) is 1. The fraction of sp³-hybridized carbons (Fsp3) is 0.368. The van der Waals surface area contributed by atoms with Crippen LogP contribution < -0.4 is 0 Å². The van der Waals surface area contributed by atoms with Crippen LogP contribution >= 0.6 is 0 Å². The van der Waals surface area contributed by atoms with Crippen molar-refractivity contribution in [2.45, 2.75) is 40.2 Å². The van der Waals surface area contributed by atoms with Gasteiger partial charge in [0, 0.05) is 36.7 Å². The standard InChI is InChI=1S/C19H22N4O2/c1-4-16-17(14(3)24)13(2)22-18(16)19(25)23(10-6-8-20)12-15-7-5-9-21-11-15/h5,7,9,11,22H,4,6,10,12H2,1-3H3. The number of rotatable bonds is 7. The van der Waals surface area contributed by atoms with Crippen molar-refractivity contribution in [3.63, 3.8) is 0 Å². The van der Waals surface area contributed by atoms with Crippen LogP contribution in [0, 0.1) is 18.3 Å². The number of nitrogens with zero attached hydrogens (tertiary/aromatic N) is 3. The Kier molecular flexibility index (Phi) is 6.07. The zero-order valence-corrected chi connectivity index (χ0v) is 14.8. The molecule has 6 nitrogen and oxygen atoms in total. The number of amides is 1. The number of carbonyl (C=O) groups is 2. The Morgan fingerprint density at radius 2 is 2.16 bits per heavy atom. The molecule has 130 valence electrons. The Morgan fingerprint density at radius 1 is 1.40 bits per heavy atom. The predicted molar refractivity (Wildman–Crippen MR) is 94.1 cm³/mol. The highest BCUT2D eigenvalue weighted by Crippen LogP contribution is 2.22. The average Bonchev–Trinajstić information content (AvgIpc) is 2.95. The number of aromatic amines is 1. The van der Waals surface area contributed by atoms with Crippen LogP contribution in [-0.4, -0.2) is 33.1 Å². The minimum atomic E-state index is -0.202. The molecule has 0 atom stereocenters. The number of pyridine rings is 1. The summed E-state index contributed by atoms with van der Waals surface area (Å²) in [4.78, 5) is 33.8. The van der Waals surface area contributed by atoms with Gasteiger partial charge in [-0.05, 0) is 37.5 Å². The minimum absolute atomic E-state index is 0.0551. The van der Waals surface area contributed by atoms with Gasteiger partial charge in [0.15, 0.2) is 5.78 Å². The van der Waals surface area contributed by atoms with Gasteiger partial charge in [0.1, 0.15) is 5.69 Å². The number of aryl methyl sites for hydroxylation is 1. The van der Waals surface area contributed by atoms with E-state index in [4.69, 9.17) is 5.26 Å². The molecule has 0 aliphatic heterocycles. The van der Waals surface area contributed by atoms with Crippen molar-refractivity contribution >= 4 is 11.7 Å². The van der Waals surface area contributed by atoms with Gasteiger partial charge in [0.25, 0.3) is 5.91 Å². The zero-order valence-electron chi connectivity index (χ0n) is 14.8. The highest BCUT2D eigenvalue weighted by molar-refractivity contribution is 6.02. The van der Waals surface area contributed by atoms with Gasteiger partial charge in [-0.1, -0.05) is 13.0 Å². The van der Waals surface area contributed by atoms with E-state index >= 15 is 0 Å². The zero-order chi connectivity index (χ0) is 18.4. The van der Waals surface area contributed by atoms with Gasteiger partial charge in [-0.3, -0.25) is 14.6 Å². The van der Waals surface area contributed by atoms with Gasteiger partial charge >= 0.3 is 0 Å². The Bertz CT molecular complexity index is 803. The summed E-state index contributed by atoms with van der Waals surface area (Å²) in [5.41, 5.74) is 3.36. The molecule has 2 aromatic heterocycles. The van der Waals surface area contributed by atoms with Gasteiger partial charge in [-0.2, -0.15) is 5.26 Å². The molecule has 0 spiro atoms. The van der Waals surface area contributed by atoms with Crippen LogP contribution in [0.3, 0.4) is 0 Å². The summed E-state index contributed by atoms with van der Waals surface area (Å²) in [6, 6.07) is 5.78. The van der Waals surface area contributed by atoms with Crippen LogP contribution in [0.15, 0.2) is 24.5 Å². The van der Waals surface area contributed by atoms with Crippen LogP contribution in [0.25, 0.3) is 0 Å². The van der Waals surface area contributed by atoms with Gasteiger partial charge in [-0.15, -0.1) is 0 Å². The smallest absolute Gasteiger partial charge is 0.270 e. The van der Waals surface area contributed by atoms with E-state index in [1.54, 1.807) is 24.2 Å². The van der Waals surface area contributed by atoms with Gasteiger partial charge in [0.05, 0.1) is 12.5 Å². The lowest BCUT2D eigenvalue weighted by Gasteiger charge is -2.21. The molecule has 2 rings (SSSR count). The third kappa shape index (κ3) is 4.13. The molecule has 0 unspecified atom stereocenters. The molecule has 0 bridgehead atoms. The van der Waals surface area contributed by atoms with Crippen LogP contribution in [-0.2, 0) is 13.0 Å². The molecule has 2 aromatic rings. The van der Waals surface area contributed by atoms with Crippen LogP contribution in [0.2, 0.25) is 0 Å². The largest absolute Gasteiger partial charge is 0.354 e. The Hall–Kier alpha value is -2.94. The number of hydrogen-bond donors (Lipinski definition) is 1. The predicted octanol–water partition coefficient (Wildman–Crippen LogP) is 3.04. The van der Waals surface area contributed by atoms with Gasteiger partial charge in [-0.25, -0.2) is 0 Å². The van der Waals surface area contributed by atoms with E-state index in [0.29, 0.717) is 36.5 Å². The molecule has 0 aliphatic rings. The Labute approximate surface area is 147 Å². The number of Topliss-reactive ketones (excluding diaryl/α,β-unsaturated/α-hetero) is 1. The number of ketones is 1. The molecule has 6 heteroatoms. The summed E-state index contributed by atoms with van der Waals surface area (Å²) in [6.45, 7) is 5.92. The van der Waals surface area contributed by atoms with Crippen molar-refractivity contribution in [2.24, 2.45) is 0 Å². The number of H-pyrrole nitrogens is 1. The number of hydrogen-bond acceptors (Lipinski definition) is 4. The third-order valence-electron chi connectivity index (χ3n) is 4.09. The quantitative estimate of drug-likeness (QED) is 0.786. The maximum Gasteiger partial charge on any atom is 0.270 e. The molecule has 0 fully saturated rings. The second kappa shape index (κ2) is 8.25. The summed E-state index contributed by atoms with van der Waals surface area (Å²) >= 11 is 0. The normalized spacial score (nSPS) is 10.3. The summed E-state index contributed by atoms with van der Waals surface area (Å²) in [6.07, 6.45) is 4.20. The molecule has 1 N–H and O–H groups in total. The molecule has 0 saturated heterocycles. The molecule has 0 radical (unpaired) electrons. The molecule has 0 aromatic carbocycles. The van der Waals surface area contributed by atoms with E-state index in [0.717, 1.165) is 11.1 Å². The lowest BCUT2D eigenvalue weighted by atomic mass is 10.0. The summed E-state index contributed by atoms with van der Waals surface area (Å²) in [5, 5.41) is 8.90. The summed E-state index contributed by atoms with van der Waals surface area (Å²) in [5.74, 6) is -0.257. The topological polar surface area (TPSA) is 89.8 Å². The second-order valence-electron chi connectivity index (χ2n) is 5.88. The fourth-order valence-corrected chi connectivity index (χ4v) is 3.00. The second-order valence-corrected chi connectivity index (χ2v) is 5.88. The van der Waals surface area contributed by atoms with E-state index in [2.05, 4.69) is 16.0 Å². The Morgan fingerprint density at radius 3 is 2.72 bits per heavy atom. The molecule has 25 heavy (non-hydrogen) atoms. The van der Waals surface area contributed by atoms with Crippen LogP contribution in [0.5, 0.6) is 0 Å². The van der Waals surface area contributed by atoms with E-state index in [-0.39, 0.29) is 18.1 Å². The van der Waals surface area contributed by atoms with E-state index < -0.39 is 0 Å². The van der Waals surface area contributed by atoms with Crippen molar-refractivity contribution in [2.75, 3.05) is 6.54 Å². The summed E-state index contributed by atoms with van der Waals surface area (Å²) in [7, 11) is 0. The monoisotopic (exact) mass is 338 g/mol. The van der Waals surface area contributed by atoms with E-state index in [1.165, 1.54) is 6.92 Å². The SMILES string of the molecule is CCc1c(C(=O)N(CCC#N)Cc2cccnc2)[nH]c(C)c1C(C)=O. The highest BCUT2D eigenvalue weighted by Gasteiger charge is 2.25. The maximum absolute atomic E-state index is 13.1. The molecule has 1 amide bonds. The van der Waals surface area contributed by atoms with Crippen LogP contribution in [0.4, 0.5) is 0 Å². The van der Waals surface area contributed by atoms with Crippen LogP contribution in [0.1, 0.15) is 57.9 Å². The first kappa shape index (κ1) is 18.4. The first-order valence-corrected chi connectivity index (χ1v) is 8.27. The Balaban J connectivity index is 2.38. The molecule has 0 aliphatic carbocycles. The first-order valence-electron chi connectivity index (χ1n) is 8.27. The average molecular weight is 338 g/mol. The van der Waals surface area contributed by atoms with Crippen molar-refractivity contribution in [3.05, 3.63) is 52.6 Å². The molecule has 2 heterocycles. The van der Waals surface area contributed by atoms with Crippen molar-refractivity contribution < 1.29 is 9.59 Å². The number of aromatic nitrogens is 2. The van der Waals surface area contributed by atoms with Crippen molar-refractivity contribution in [1.29, 1.82) is 5.26 Å². The first-order chi connectivity index (χ1) is 12.0. The lowest BCUT2D eigenvalue weighted by molar-refractivity contribution is 0.0740. The van der Waals surface area contributed by atoms with E-state index in [9.17, 15) is 9.59 Å². The molecular formula is C19H22N4O2.